The van der Waals surface area contributed by atoms with Crippen molar-refractivity contribution in [1.29, 1.82) is 0 Å². The van der Waals surface area contributed by atoms with Crippen LogP contribution in [0.3, 0.4) is 0 Å². The van der Waals surface area contributed by atoms with Gasteiger partial charge in [-0.3, -0.25) is 14.9 Å². The molecule has 0 aliphatic heterocycles. The Morgan fingerprint density at radius 2 is 1.74 bits per heavy atom. The highest BCUT2D eigenvalue weighted by atomic mass is 32.2. The zero-order valence-electron chi connectivity index (χ0n) is 15.8. The highest BCUT2D eigenvalue weighted by Crippen LogP contribution is 2.24. The van der Waals surface area contributed by atoms with Gasteiger partial charge in [-0.2, -0.15) is 0 Å². The first kappa shape index (κ1) is 22.5. The minimum absolute atomic E-state index is 0.0221. The van der Waals surface area contributed by atoms with E-state index in [9.17, 15) is 19.2 Å². The predicted octanol–water partition coefficient (Wildman–Crippen LogP) is 1.68. The zero-order chi connectivity index (χ0) is 20.6. The van der Waals surface area contributed by atoms with Gasteiger partial charge in [-0.25, -0.2) is 9.59 Å². The van der Waals surface area contributed by atoms with Crippen LogP contribution >= 0.6 is 11.8 Å². The minimum Gasteiger partial charge on any atom is -0.448 e. The number of hydrogen-bond donors (Lipinski definition) is 3. The van der Waals surface area contributed by atoms with Gasteiger partial charge in [-0.05, 0) is 31.9 Å². The number of hydrogen-bond acceptors (Lipinski definition) is 6. The first-order valence-corrected chi connectivity index (χ1v) is 9.42. The number of primary amides is 1. The number of nitrogens with one attached hydrogen (secondary N) is 2. The summed E-state index contributed by atoms with van der Waals surface area (Å²) in [6, 6.07) is 5.64. The van der Waals surface area contributed by atoms with E-state index >= 15 is 0 Å². The lowest BCUT2D eigenvalue weighted by molar-refractivity contribution is -0.131. The second-order valence-corrected chi connectivity index (χ2v) is 7.45. The maximum atomic E-state index is 12.6. The molecule has 0 heterocycles. The van der Waals surface area contributed by atoms with Gasteiger partial charge in [0.05, 0.1) is 11.3 Å². The van der Waals surface area contributed by atoms with Gasteiger partial charge < -0.3 is 15.8 Å². The van der Waals surface area contributed by atoms with Gasteiger partial charge >= 0.3 is 12.0 Å². The van der Waals surface area contributed by atoms with Gasteiger partial charge in [0.1, 0.15) is 0 Å². The van der Waals surface area contributed by atoms with Gasteiger partial charge in [0, 0.05) is 10.9 Å². The Labute approximate surface area is 162 Å². The second kappa shape index (κ2) is 10.6. The maximum Gasteiger partial charge on any atom is 0.340 e. The van der Waals surface area contributed by atoms with E-state index in [1.165, 1.54) is 11.8 Å². The number of amides is 4. The standard InChI is InChI=1S/C18H25N3O5S/c1-10(2)15(16(23)21-18(19)25)26-17(24)12-7-5-6-8-13(12)27-9-14(22)20-11(3)4/h5-8,10-11,15H,9H2,1-4H3,(H,20,22)(H3,19,21,23,25)/t15-/m0/s1. The number of carbonyl (C=O) groups excluding carboxylic acids is 4. The van der Waals surface area contributed by atoms with Crippen molar-refractivity contribution in [2.24, 2.45) is 11.7 Å². The van der Waals surface area contributed by atoms with Crippen molar-refractivity contribution < 1.29 is 23.9 Å². The summed E-state index contributed by atoms with van der Waals surface area (Å²) in [7, 11) is 0. The summed E-state index contributed by atoms with van der Waals surface area (Å²) in [5, 5.41) is 4.69. The fourth-order valence-corrected chi connectivity index (χ4v) is 2.98. The summed E-state index contributed by atoms with van der Waals surface area (Å²) in [6.07, 6.45) is -1.17. The van der Waals surface area contributed by atoms with Crippen LogP contribution in [0, 0.1) is 5.92 Å². The molecule has 8 nitrogen and oxygen atoms in total. The molecular weight excluding hydrogens is 370 g/mol. The first-order valence-electron chi connectivity index (χ1n) is 8.44. The molecule has 0 saturated heterocycles. The molecule has 0 saturated carbocycles. The van der Waals surface area contributed by atoms with Crippen LogP contribution in [0.2, 0.25) is 0 Å². The van der Waals surface area contributed by atoms with Crippen LogP contribution in [0.5, 0.6) is 0 Å². The van der Waals surface area contributed by atoms with Gasteiger partial charge in [0.2, 0.25) is 5.91 Å². The molecule has 0 spiro atoms. The van der Waals surface area contributed by atoms with Crippen LogP contribution in [0.25, 0.3) is 0 Å². The van der Waals surface area contributed by atoms with Crippen molar-refractivity contribution in [3.05, 3.63) is 29.8 Å². The quantitative estimate of drug-likeness (QED) is 0.454. The lowest BCUT2D eigenvalue weighted by atomic mass is 10.1. The molecule has 0 aliphatic rings. The van der Waals surface area contributed by atoms with Crippen LogP contribution < -0.4 is 16.4 Å². The van der Waals surface area contributed by atoms with Crippen LogP contribution in [0.15, 0.2) is 29.2 Å². The van der Waals surface area contributed by atoms with Crippen molar-refractivity contribution in [2.75, 3.05) is 5.75 Å². The highest BCUT2D eigenvalue weighted by molar-refractivity contribution is 8.00. The zero-order valence-corrected chi connectivity index (χ0v) is 16.6. The Kier molecular flexibility index (Phi) is 8.80. The minimum atomic E-state index is -1.17. The Hall–Kier alpha value is -2.55. The Bertz CT molecular complexity index is 706. The van der Waals surface area contributed by atoms with E-state index in [4.69, 9.17) is 10.5 Å². The SMILES string of the molecule is CC(C)NC(=O)CSc1ccccc1C(=O)O[C@H](C(=O)NC(N)=O)C(C)C. The molecule has 1 aromatic rings. The Balaban J connectivity index is 2.88. The number of carbonyl (C=O) groups is 4. The summed E-state index contributed by atoms with van der Waals surface area (Å²) >= 11 is 1.19. The van der Waals surface area contributed by atoms with Gasteiger partial charge in [-0.15, -0.1) is 11.8 Å². The van der Waals surface area contributed by atoms with E-state index in [-0.39, 0.29) is 29.2 Å². The Morgan fingerprint density at radius 3 is 2.30 bits per heavy atom. The lowest BCUT2D eigenvalue weighted by Gasteiger charge is -2.20. The smallest absolute Gasteiger partial charge is 0.340 e. The summed E-state index contributed by atoms with van der Waals surface area (Å²) < 4.78 is 5.30. The number of nitrogens with two attached hydrogens (primary N) is 1. The third kappa shape index (κ3) is 7.69. The number of imide groups is 1. The third-order valence-electron chi connectivity index (χ3n) is 3.26. The van der Waals surface area contributed by atoms with Gasteiger partial charge in [-0.1, -0.05) is 26.0 Å². The van der Waals surface area contributed by atoms with Crippen molar-refractivity contribution in [3.8, 4) is 0 Å². The molecule has 1 atom stereocenters. The van der Waals surface area contributed by atoms with E-state index in [2.05, 4.69) is 5.32 Å². The summed E-state index contributed by atoms with van der Waals surface area (Å²) in [4.78, 5) is 47.8. The lowest BCUT2D eigenvalue weighted by Crippen LogP contribution is -2.45. The average molecular weight is 395 g/mol. The molecule has 4 N–H and O–H groups in total. The molecule has 0 aromatic heterocycles. The molecule has 4 amide bonds. The fourth-order valence-electron chi connectivity index (χ4n) is 2.13. The third-order valence-corrected chi connectivity index (χ3v) is 4.33. The molecule has 9 heteroatoms. The normalized spacial score (nSPS) is 11.8. The van der Waals surface area contributed by atoms with E-state index in [0.717, 1.165) is 0 Å². The summed E-state index contributed by atoms with van der Waals surface area (Å²) in [5.41, 5.74) is 5.18. The summed E-state index contributed by atoms with van der Waals surface area (Å²) in [5.74, 6) is -1.89. The molecule has 1 rings (SSSR count). The van der Waals surface area contributed by atoms with E-state index < -0.39 is 24.0 Å². The van der Waals surface area contributed by atoms with Crippen molar-refractivity contribution in [3.63, 3.8) is 0 Å². The molecule has 148 valence electrons. The molecule has 0 radical (unpaired) electrons. The molecule has 0 unspecified atom stereocenters. The number of rotatable bonds is 8. The molecular formula is C18H25N3O5S. The number of esters is 1. The average Bonchev–Trinajstić information content (AvgIpc) is 2.56. The molecule has 0 aliphatic carbocycles. The van der Waals surface area contributed by atoms with Crippen LogP contribution in [0.4, 0.5) is 4.79 Å². The van der Waals surface area contributed by atoms with Crippen molar-refractivity contribution in [1.82, 2.24) is 10.6 Å². The van der Waals surface area contributed by atoms with Gasteiger partial charge in [0.25, 0.3) is 5.91 Å². The van der Waals surface area contributed by atoms with E-state index in [0.29, 0.717) is 4.90 Å². The number of urea groups is 1. The molecule has 0 fully saturated rings. The van der Waals surface area contributed by atoms with Crippen LogP contribution in [-0.2, 0) is 14.3 Å². The maximum absolute atomic E-state index is 12.6. The van der Waals surface area contributed by atoms with Crippen LogP contribution in [-0.4, -0.2) is 41.7 Å². The molecule has 1 aromatic carbocycles. The van der Waals surface area contributed by atoms with Crippen molar-refractivity contribution >= 4 is 35.6 Å². The molecule has 0 bridgehead atoms. The van der Waals surface area contributed by atoms with Crippen LogP contribution in [0.1, 0.15) is 38.1 Å². The monoisotopic (exact) mass is 395 g/mol. The van der Waals surface area contributed by atoms with E-state index in [1.54, 1.807) is 38.1 Å². The predicted molar refractivity (Wildman–Crippen MR) is 102 cm³/mol. The topological polar surface area (TPSA) is 128 Å². The molecule has 27 heavy (non-hydrogen) atoms. The van der Waals surface area contributed by atoms with Gasteiger partial charge in [0.15, 0.2) is 6.10 Å². The number of benzene rings is 1. The largest absolute Gasteiger partial charge is 0.448 e. The first-order chi connectivity index (χ1) is 12.6. The summed E-state index contributed by atoms with van der Waals surface area (Å²) in [6.45, 7) is 7.07. The highest BCUT2D eigenvalue weighted by Gasteiger charge is 2.28. The number of thioether (sulfide) groups is 1. The van der Waals surface area contributed by atoms with Crippen molar-refractivity contribution in [2.45, 2.75) is 44.7 Å². The Morgan fingerprint density at radius 1 is 1.11 bits per heavy atom. The fraction of sp³-hybridized carbons (Fsp3) is 0.444. The second-order valence-electron chi connectivity index (χ2n) is 6.43. The van der Waals surface area contributed by atoms with E-state index in [1.807, 2.05) is 19.2 Å². The number of ether oxygens (including phenoxy) is 1.